The molecule has 5 nitrogen and oxygen atoms in total. The lowest BCUT2D eigenvalue weighted by molar-refractivity contribution is 0.126. The van der Waals surface area contributed by atoms with Gasteiger partial charge in [0.05, 0.1) is 23.7 Å². The zero-order valence-electron chi connectivity index (χ0n) is 11.2. The maximum atomic E-state index is 11.6. The van der Waals surface area contributed by atoms with Gasteiger partial charge in [0.25, 0.3) is 0 Å². The Kier molecular flexibility index (Phi) is 4.62. The molecule has 1 saturated heterocycles. The van der Waals surface area contributed by atoms with Crippen LogP contribution in [-0.2, 0) is 9.84 Å². The summed E-state index contributed by atoms with van der Waals surface area (Å²) in [5.41, 5.74) is 0.839. The number of aliphatic hydroxyl groups excluding tert-OH is 1. The van der Waals surface area contributed by atoms with Gasteiger partial charge in [0.2, 0.25) is 0 Å². The molecule has 0 amide bonds. The Balaban J connectivity index is 2.10. The highest BCUT2D eigenvalue weighted by Crippen LogP contribution is 2.19. The van der Waals surface area contributed by atoms with Gasteiger partial charge in [-0.2, -0.15) is 0 Å². The molecule has 0 spiro atoms. The molecule has 0 radical (unpaired) electrons. The van der Waals surface area contributed by atoms with E-state index < -0.39 is 22.0 Å². The Morgan fingerprint density at radius 2 is 2.05 bits per heavy atom. The summed E-state index contributed by atoms with van der Waals surface area (Å²) in [5, 5.41) is 13.4. The zero-order chi connectivity index (χ0) is 14.8. The third kappa shape index (κ3) is 3.47. The molecule has 2 N–H and O–H groups in total. The Bertz CT molecular complexity index is 575. The smallest absolute Gasteiger partial charge is 0.173 e. The van der Waals surface area contributed by atoms with Crippen LogP contribution < -0.4 is 5.32 Å². The van der Waals surface area contributed by atoms with Gasteiger partial charge >= 0.3 is 0 Å². The van der Waals surface area contributed by atoms with Crippen molar-refractivity contribution in [3.63, 3.8) is 0 Å². The standard InChI is InChI=1S/C13H18N2O3S2/c1-2-15(11-8-20(17,18)9-12(11)16)13(19)14-10-6-4-3-5-7-10/h3-7,11-12,16H,2,8-9H2,1H3,(H,14,19)/t11-,12-/m1/s1. The number of nitrogens with zero attached hydrogens (tertiary/aromatic N) is 1. The zero-order valence-corrected chi connectivity index (χ0v) is 12.8. The van der Waals surface area contributed by atoms with Crippen molar-refractivity contribution >= 4 is 32.9 Å². The number of benzene rings is 1. The minimum atomic E-state index is -3.19. The molecule has 2 rings (SSSR count). The second-order valence-electron chi connectivity index (χ2n) is 4.79. The van der Waals surface area contributed by atoms with Gasteiger partial charge < -0.3 is 15.3 Å². The van der Waals surface area contributed by atoms with Crippen LogP contribution in [0, 0.1) is 0 Å². The molecule has 0 saturated carbocycles. The molecule has 7 heteroatoms. The monoisotopic (exact) mass is 314 g/mol. The molecule has 0 aromatic heterocycles. The predicted molar refractivity (Wildman–Crippen MR) is 83.5 cm³/mol. The van der Waals surface area contributed by atoms with E-state index in [1.54, 1.807) is 4.90 Å². The van der Waals surface area contributed by atoms with Crippen LogP contribution >= 0.6 is 12.2 Å². The van der Waals surface area contributed by atoms with Crippen LogP contribution in [0.1, 0.15) is 6.92 Å². The Hall–Kier alpha value is -1.18. The number of likely N-dealkylation sites (N-methyl/N-ethyl adjacent to an activating group) is 1. The number of aliphatic hydroxyl groups is 1. The summed E-state index contributed by atoms with van der Waals surface area (Å²) < 4.78 is 23.2. The van der Waals surface area contributed by atoms with Crippen molar-refractivity contribution in [1.29, 1.82) is 0 Å². The molecule has 1 aliphatic heterocycles. The molecule has 1 aromatic rings. The van der Waals surface area contributed by atoms with Gasteiger partial charge in [0, 0.05) is 12.2 Å². The van der Waals surface area contributed by atoms with Gasteiger partial charge in [-0.3, -0.25) is 0 Å². The summed E-state index contributed by atoms with van der Waals surface area (Å²) in [6, 6.07) is 8.95. The van der Waals surface area contributed by atoms with Crippen molar-refractivity contribution < 1.29 is 13.5 Å². The normalized spacial score (nSPS) is 24.3. The van der Waals surface area contributed by atoms with Gasteiger partial charge in [0.15, 0.2) is 14.9 Å². The molecule has 110 valence electrons. The third-order valence-corrected chi connectivity index (χ3v) is 5.36. The summed E-state index contributed by atoms with van der Waals surface area (Å²) in [4.78, 5) is 1.73. The SMILES string of the molecule is CCN(C(=S)Nc1ccccc1)[C@@H]1CS(=O)(=O)C[C@H]1O. The topological polar surface area (TPSA) is 69.6 Å². The van der Waals surface area contributed by atoms with E-state index in [1.807, 2.05) is 37.3 Å². The lowest BCUT2D eigenvalue weighted by Gasteiger charge is -2.31. The van der Waals surface area contributed by atoms with Crippen molar-refractivity contribution in [2.24, 2.45) is 0 Å². The minimum Gasteiger partial charge on any atom is -0.390 e. The summed E-state index contributed by atoms with van der Waals surface area (Å²) in [6.45, 7) is 2.42. The van der Waals surface area contributed by atoms with E-state index in [4.69, 9.17) is 12.2 Å². The van der Waals surface area contributed by atoms with E-state index in [0.29, 0.717) is 11.7 Å². The van der Waals surface area contributed by atoms with Crippen molar-refractivity contribution in [3.05, 3.63) is 30.3 Å². The molecule has 1 fully saturated rings. The fraction of sp³-hybridized carbons (Fsp3) is 0.462. The number of thiocarbonyl (C=S) groups is 1. The number of hydrogen-bond acceptors (Lipinski definition) is 4. The molecule has 1 aliphatic rings. The molecule has 20 heavy (non-hydrogen) atoms. The van der Waals surface area contributed by atoms with Crippen LogP contribution in [0.15, 0.2) is 30.3 Å². The first-order valence-electron chi connectivity index (χ1n) is 6.44. The number of para-hydroxylation sites is 1. The van der Waals surface area contributed by atoms with Gasteiger partial charge in [0.1, 0.15) is 0 Å². The number of nitrogens with one attached hydrogen (secondary N) is 1. The number of rotatable bonds is 3. The van der Waals surface area contributed by atoms with Crippen LogP contribution in [0.3, 0.4) is 0 Å². The number of anilines is 1. The Morgan fingerprint density at radius 3 is 2.55 bits per heavy atom. The van der Waals surface area contributed by atoms with Crippen LogP contribution in [0.25, 0.3) is 0 Å². The molecule has 2 atom stereocenters. The van der Waals surface area contributed by atoms with Gasteiger partial charge in [-0.25, -0.2) is 8.42 Å². The molecule has 1 aromatic carbocycles. The summed E-state index contributed by atoms with van der Waals surface area (Å²) >= 11 is 5.33. The summed E-state index contributed by atoms with van der Waals surface area (Å²) in [6.07, 6.45) is -0.893. The fourth-order valence-electron chi connectivity index (χ4n) is 2.35. The predicted octanol–water partition coefficient (Wildman–Crippen LogP) is 0.863. The molecular weight excluding hydrogens is 296 g/mol. The Morgan fingerprint density at radius 1 is 1.40 bits per heavy atom. The molecule has 0 aliphatic carbocycles. The lowest BCUT2D eigenvalue weighted by Crippen LogP contribution is -2.48. The highest BCUT2D eigenvalue weighted by Gasteiger charge is 2.40. The molecule has 0 unspecified atom stereocenters. The third-order valence-electron chi connectivity index (χ3n) is 3.32. The van der Waals surface area contributed by atoms with Crippen molar-refractivity contribution in [2.45, 2.75) is 19.1 Å². The van der Waals surface area contributed by atoms with E-state index >= 15 is 0 Å². The van der Waals surface area contributed by atoms with Crippen LogP contribution in [0.5, 0.6) is 0 Å². The maximum Gasteiger partial charge on any atom is 0.173 e. The van der Waals surface area contributed by atoms with E-state index in [-0.39, 0.29) is 11.5 Å². The van der Waals surface area contributed by atoms with Crippen molar-refractivity contribution in [3.8, 4) is 0 Å². The average molecular weight is 314 g/mol. The highest BCUT2D eigenvalue weighted by atomic mass is 32.2. The van der Waals surface area contributed by atoms with Crippen molar-refractivity contribution in [2.75, 3.05) is 23.4 Å². The largest absolute Gasteiger partial charge is 0.390 e. The van der Waals surface area contributed by atoms with Gasteiger partial charge in [-0.1, -0.05) is 18.2 Å². The first kappa shape index (κ1) is 15.2. The molecular formula is C13H18N2O3S2. The van der Waals surface area contributed by atoms with Crippen LogP contribution in [-0.4, -0.2) is 53.7 Å². The first-order chi connectivity index (χ1) is 9.43. The Labute approximate surface area is 124 Å². The van der Waals surface area contributed by atoms with Gasteiger partial charge in [-0.15, -0.1) is 0 Å². The van der Waals surface area contributed by atoms with Gasteiger partial charge in [-0.05, 0) is 31.3 Å². The quantitative estimate of drug-likeness (QED) is 0.807. The van der Waals surface area contributed by atoms with E-state index in [2.05, 4.69) is 5.32 Å². The number of hydrogen-bond donors (Lipinski definition) is 2. The average Bonchev–Trinajstić information content (AvgIpc) is 2.65. The minimum absolute atomic E-state index is 0.0569. The lowest BCUT2D eigenvalue weighted by atomic mass is 10.2. The molecule has 1 heterocycles. The second kappa shape index (κ2) is 6.07. The van der Waals surface area contributed by atoms with E-state index in [1.165, 1.54) is 0 Å². The maximum absolute atomic E-state index is 11.6. The first-order valence-corrected chi connectivity index (χ1v) is 8.67. The van der Waals surface area contributed by atoms with Crippen molar-refractivity contribution in [1.82, 2.24) is 4.90 Å². The fourth-order valence-corrected chi connectivity index (χ4v) is 4.54. The van der Waals surface area contributed by atoms with E-state index in [0.717, 1.165) is 5.69 Å². The molecule has 0 bridgehead atoms. The second-order valence-corrected chi connectivity index (χ2v) is 7.33. The summed E-state index contributed by atoms with van der Waals surface area (Å²) in [5.74, 6) is -0.249. The van der Waals surface area contributed by atoms with E-state index in [9.17, 15) is 13.5 Å². The number of sulfone groups is 1. The summed E-state index contributed by atoms with van der Waals surface area (Å²) in [7, 11) is -3.19. The van der Waals surface area contributed by atoms with Crippen LogP contribution in [0.2, 0.25) is 0 Å². The highest BCUT2D eigenvalue weighted by molar-refractivity contribution is 7.91. The van der Waals surface area contributed by atoms with Crippen LogP contribution in [0.4, 0.5) is 5.69 Å².